The van der Waals surface area contributed by atoms with Crippen molar-refractivity contribution in [1.29, 1.82) is 0 Å². The Morgan fingerprint density at radius 2 is 1.20 bits per heavy atom. The van der Waals surface area contributed by atoms with Crippen molar-refractivity contribution in [3.63, 3.8) is 0 Å². The predicted molar refractivity (Wildman–Crippen MR) is 21.1 cm³/mol. The molecular weight excluding hydrogens is 280 g/mol. The number of rotatable bonds is 0. The zero-order chi connectivity index (χ0) is 2.00. The molecule has 0 aromatic carbocycles. The van der Waals surface area contributed by atoms with E-state index in [-0.39, 0.29) is 63.1 Å². The van der Waals surface area contributed by atoms with Gasteiger partial charge in [0.15, 0.2) is 0 Å². The Balaban J connectivity index is -0.000000000833. The molecule has 0 spiro atoms. The topological polar surface area (TPSA) is 0 Å². The molecule has 0 saturated carbocycles. The summed E-state index contributed by atoms with van der Waals surface area (Å²) in [4.78, 5) is 1.97. The molecule has 0 aromatic rings. The third-order valence-electron chi connectivity index (χ3n) is 0. The van der Waals surface area contributed by atoms with Crippen molar-refractivity contribution < 1.29 is 63.1 Å². The molecule has 0 radical (unpaired) electrons. The van der Waals surface area contributed by atoms with E-state index in [0.29, 0.717) is 0 Å². The van der Waals surface area contributed by atoms with E-state index in [9.17, 15) is 0 Å². The summed E-state index contributed by atoms with van der Waals surface area (Å²) in [6.45, 7) is 0. The van der Waals surface area contributed by atoms with Crippen molar-refractivity contribution in [1.82, 2.24) is 0 Å². The van der Waals surface area contributed by atoms with E-state index in [1.165, 1.54) is 0 Å². The molecule has 0 N–H and O–H groups in total. The largest absolute Gasteiger partial charge is 1.00 e. The van der Waals surface area contributed by atoms with Gasteiger partial charge in [-0.2, -0.15) is 0 Å². The van der Waals surface area contributed by atoms with Crippen LogP contribution >= 0.6 is 22.6 Å². The van der Waals surface area contributed by atoms with Gasteiger partial charge in [0.2, 0.25) is 0 Å². The first-order chi connectivity index (χ1) is 1.00. The molecule has 0 saturated heterocycles. The van der Waals surface area contributed by atoms with Crippen LogP contribution in [0.3, 0.4) is 0 Å². The quantitative estimate of drug-likeness (QED) is 0.235. The van der Waals surface area contributed by atoms with E-state index < -0.39 is 0 Å². The van der Waals surface area contributed by atoms with Crippen LogP contribution in [0.5, 0.6) is 0 Å². The smallest absolute Gasteiger partial charge is 1.00 e. The van der Waals surface area contributed by atoms with Crippen LogP contribution in [0.15, 0.2) is 0 Å². The van der Waals surface area contributed by atoms with E-state index in [1.807, 2.05) is 4.93 Å². The van der Waals surface area contributed by atoms with Crippen LogP contribution in [0.1, 0.15) is 1.43 Å². The van der Waals surface area contributed by atoms with E-state index in [0.717, 1.165) is 0 Å². The van der Waals surface area contributed by atoms with E-state index >= 15 is 0 Å². The molecule has 0 bridgehead atoms. The van der Waals surface area contributed by atoms with E-state index in [4.69, 9.17) is 0 Å². The van der Waals surface area contributed by atoms with Gasteiger partial charge < -0.3 is 25.4 Å². The first kappa shape index (κ1) is 25.4. The Morgan fingerprint density at radius 1 is 1.20 bits per heavy atom. The minimum absolute atomic E-state index is 0. The zero-order valence-corrected chi connectivity index (χ0v) is 8.07. The molecule has 0 amide bonds. The molecule has 0 atom stereocenters. The van der Waals surface area contributed by atoms with Crippen LogP contribution in [0.2, 0.25) is 0 Å². The zero-order valence-electron chi connectivity index (χ0n) is 4.76. The number of alkyl halides is 1. The first-order valence-corrected chi connectivity index (χ1v) is 2.54. The maximum absolute atomic E-state index is 2.15. The molecule has 24 valence electrons. The third-order valence-corrected chi connectivity index (χ3v) is 0. The van der Waals surface area contributed by atoms with Crippen LogP contribution < -0.4 is 61.7 Å². The van der Waals surface area contributed by atoms with Gasteiger partial charge in [0.25, 0.3) is 0 Å². The van der Waals surface area contributed by atoms with Crippen molar-refractivity contribution >= 4 is 22.6 Å². The maximum atomic E-state index is 2.15. The molecule has 0 rings (SSSR count). The summed E-state index contributed by atoms with van der Waals surface area (Å²) in [6, 6.07) is 0. The van der Waals surface area contributed by atoms with E-state index in [1.54, 1.807) is 0 Å². The van der Waals surface area contributed by atoms with E-state index in [2.05, 4.69) is 22.6 Å². The fourth-order valence-corrected chi connectivity index (χ4v) is 0. The minimum atomic E-state index is 0. The molecule has 4 heteroatoms. The SMILES string of the molecule is CI.[H-].[I-].[Li+].[Li+]. The summed E-state index contributed by atoms with van der Waals surface area (Å²) in [5.74, 6) is 0. The third kappa shape index (κ3) is 20.5. The molecule has 0 fully saturated rings. The second-order valence-electron chi connectivity index (χ2n) is 0. The normalized spacial score (nSPS) is 1.20. The number of hydrogen-bond acceptors (Lipinski definition) is 0. The molecular formula is CH4I2Li2. The molecule has 0 nitrogen and oxygen atoms in total. The fraction of sp³-hybridized carbons (Fsp3) is 1.00. The van der Waals surface area contributed by atoms with Crippen LogP contribution in [-0.2, 0) is 0 Å². The minimum Gasteiger partial charge on any atom is -1.00 e. The monoisotopic (exact) mass is 284 g/mol. The number of halogens is 2. The van der Waals surface area contributed by atoms with Crippen molar-refractivity contribution in [2.24, 2.45) is 0 Å². The second-order valence-corrected chi connectivity index (χ2v) is 0. The van der Waals surface area contributed by atoms with Gasteiger partial charge in [0.05, 0.1) is 0 Å². The summed E-state index contributed by atoms with van der Waals surface area (Å²) in [5, 5.41) is 0. The van der Waals surface area contributed by atoms with Crippen molar-refractivity contribution in [2.75, 3.05) is 4.93 Å². The van der Waals surface area contributed by atoms with Gasteiger partial charge in [-0.15, -0.1) is 0 Å². The standard InChI is InChI=1S/CH3I.HI.2Li.H/c1-2;;;;/h1H3;1H;;;/q;;2*+1;-1/p-1. The van der Waals surface area contributed by atoms with Gasteiger partial charge in [-0.05, 0) is 4.93 Å². The Kier molecular flexibility index (Phi) is 153. The Morgan fingerprint density at radius 3 is 1.20 bits per heavy atom. The molecule has 0 heterocycles. The van der Waals surface area contributed by atoms with Gasteiger partial charge >= 0.3 is 37.7 Å². The Hall–Kier alpha value is 2.65. The predicted octanol–water partition coefficient (Wildman–Crippen LogP) is -7.82. The van der Waals surface area contributed by atoms with Gasteiger partial charge in [-0.25, -0.2) is 0 Å². The van der Waals surface area contributed by atoms with Crippen molar-refractivity contribution in [2.45, 2.75) is 0 Å². The maximum Gasteiger partial charge on any atom is 1.00 e. The molecule has 0 aliphatic heterocycles. The molecule has 0 unspecified atom stereocenters. The number of hydrogen-bond donors (Lipinski definition) is 0. The summed E-state index contributed by atoms with van der Waals surface area (Å²) in [6.07, 6.45) is 0. The van der Waals surface area contributed by atoms with Crippen molar-refractivity contribution in [3.05, 3.63) is 0 Å². The molecule has 0 aromatic heterocycles. The summed E-state index contributed by atoms with van der Waals surface area (Å²) < 4.78 is 0. The molecule has 0 aliphatic carbocycles. The van der Waals surface area contributed by atoms with Crippen LogP contribution in [0.4, 0.5) is 0 Å². The second kappa shape index (κ2) is 30.2. The Labute approximate surface area is 89.2 Å². The molecule has 0 aliphatic rings. The summed E-state index contributed by atoms with van der Waals surface area (Å²) >= 11 is 2.15. The van der Waals surface area contributed by atoms with Gasteiger partial charge in [-0.3, -0.25) is 0 Å². The van der Waals surface area contributed by atoms with Crippen molar-refractivity contribution in [3.8, 4) is 0 Å². The van der Waals surface area contributed by atoms with Gasteiger partial charge in [0.1, 0.15) is 0 Å². The first-order valence-electron chi connectivity index (χ1n) is 0.378. The molecule has 5 heavy (non-hydrogen) atoms. The average Bonchev–Trinajstić information content (AvgIpc) is 1.00. The summed E-state index contributed by atoms with van der Waals surface area (Å²) in [7, 11) is 0. The van der Waals surface area contributed by atoms with Gasteiger partial charge in [0, 0.05) is 0 Å². The van der Waals surface area contributed by atoms with Crippen LogP contribution in [0, 0.1) is 0 Å². The average molecular weight is 284 g/mol. The van der Waals surface area contributed by atoms with Crippen LogP contribution in [0.25, 0.3) is 0 Å². The summed E-state index contributed by atoms with van der Waals surface area (Å²) in [5.41, 5.74) is 0. The Bertz CT molecular complexity index is 11.5. The van der Waals surface area contributed by atoms with Gasteiger partial charge in [-0.1, -0.05) is 22.6 Å². The van der Waals surface area contributed by atoms with Crippen LogP contribution in [-0.4, -0.2) is 4.93 Å². The fourth-order valence-electron chi connectivity index (χ4n) is 0.